The normalized spacial score (nSPS) is 20.0. The van der Waals surface area contributed by atoms with Gasteiger partial charge in [-0.25, -0.2) is 4.98 Å². The Morgan fingerprint density at radius 3 is 2.93 bits per heavy atom. The molecule has 3 aromatic rings. The molecule has 2 aliphatic rings. The van der Waals surface area contributed by atoms with Gasteiger partial charge >= 0.3 is 0 Å². The second-order valence-corrected chi connectivity index (χ2v) is 8.49. The van der Waals surface area contributed by atoms with Crippen molar-refractivity contribution >= 4 is 27.5 Å². The van der Waals surface area contributed by atoms with Gasteiger partial charge in [0, 0.05) is 25.2 Å². The van der Waals surface area contributed by atoms with E-state index in [9.17, 15) is 4.79 Å². The molecule has 2 aromatic carbocycles. The summed E-state index contributed by atoms with van der Waals surface area (Å²) in [5, 5.41) is 1.07. The van der Waals surface area contributed by atoms with Gasteiger partial charge in [-0.15, -0.1) is 11.3 Å². The summed E-state index contributed by atoms with van der Waals surface area (Å²) in [5.41, 5.74) is 2.18. The first-order chi connectivity index (χ1) is 13.8. The summed E-state index contributed by atoms with van der Waals surface area (Å²) in [5.74, 6) is 1.13. The van der Waals surface area contributed by atoms with Gasteiger partial charge < -0.3 is 9.64 Å². The fraction of sp³-hybridized carbons (Fsp3) is 0.364. The Balaban J connectivity index is 1.31. The van der Waals surface area contributed by atoms with Crippen molar-refractivity contribution in [1.29, 1.82) is 0 Å². The highest BCUT2D eigenvalue weighted by molar-refractivity contribution is 7.18. The Hall–Kier alpha value is -2.44. The summed E-state index contributed by atoms with van der Waals surface area (Å²) >= 11 is 1.72. The summed E-state index contributed by atoms with van der Waals surface area (Å²) in [4.78, 5) is 22.2. The minimum absolute atomic E-state index is 0.111. The number of rotatable bonds is 3. The molecule has 0 radical (unpaired) electrons. The van der Waals surface area contributed by atoms with Gasteiger partial charge in [0.05, 0.1) is 22.8 Å². The molecule has 0 N–H and O–H groups in total. The summed E-state index contributed by atoms with van der Waals surface area (Å²) in [7, 11) is 0. The summed E-state index contributed by atoms with van der Waals surface area (Å²) in [6.07, 6.45) is 2.04. The maximum atomic E-state index is 13.2. The van der Waals surface area contributed by atoms with Gasteiger partial charge in [0.15, 0.2) is 0 Å². The molecule has 1 amide bonds. The van der Waals surface area contributed by atoms with Gasteiger partial charge in [-0.05, 0) is 31.0 Å². The number of carbonyl (C=O) groups excluding carboxylic acids is 1. The Labute approximate surface area is 168 Å². The number of benzene rings is 2. The van der Waals surface area contributed by atoms with Crippen molar-refractivity contribution in [3.05, 3.63) is 59.1 Å². The molecule has 2 aliphatic heterocycles. The van der Waals surface area contributed by atoms with Crippen molar-refractivity contribution in [3.8, 4) is 5.75 Å². The van der Waals surface area contributed by atoms with Crippen molar-refractivity contribution in [2.24, 2.45) is 0 Å². The first-order valence-electron chi connectivity index (χ1n) is 9.86. The van der Waals surface area contributed by atoms with E-state index >= 15 is 0 Å². The molecule has 5 rings (SSSR count). The Morgan fingerprint density at radius 2 is 2.00 bits per heavy atom. The molecule has 3 heterocycles. The molecule has 5 nitrogen and oxygen atoms in total. The van der Waals surface area contributed by atoms with Crippen LogP contribution in [-0.2, 0) is 11.3 Å². The van der Waals surface area contributed by atoms with Crippen LogP contribution in [0.4, 0.5) is 0 Å². The minimum atomic E-state index is 0.111. The number of amides is 1. The lowest BCUT2D eigenvalue weighted by Gasteiger charge is -2.27. The lowest BCUT2D eigenvalue weighted by Crippen LogP contribution is -2.40. The molecule has 0 aliphatic carbocycles. The van der Waals surface area contributed by atoms with E-state index in [1.807, 2.05) is 41.3 Å². The monoisotopic (exact) mass is 393 g/mol. The molecule has 6 heteroatoms. The average molecular weight is 394 g/mol. The van der Waals surface area contributed by atoms with Crippen LogP contribution < -0.4 is 4.74 Å². The Morgan fingerprint density at radius 1 is 1.14 bits per heavy atom. The molecule has 0 saturated carbocycles. The maximum absolute atomic E-state index is 13.2. The van der Waals surface area contributed by atoms with E-state index in [2.05, 4.69) is 17.0 Å². The third-order valence-corrected chi connectivity index (χ3v) is 6.70. The number of hydrogen-bond donors (Lipinski definition) is 0. The van der Waals surface area contributed by atoms with Crippen LogP contribution in [0.15, 0.2) is 48.5 Å². The lowest BCUT2D eigenvalue weighted by molar-refractivity contribution is -0.133. The number of likely N-dealkylation sites (tertiary alicyclic amines) is 1. The van der Waals surface area contributed by atoms with E-state index in [1.165, 1.54) is 4.70 Å². The van der Waals surface area contributed by atoms with Crippen LogP contribution in [0.2, 0.25) is 0 Å². The van der Waals surface area contributed by atoms with Gasteiger partial charge in [0.1, 0.15) is 17.4 Å². The van der Waals surface area contributed by atoms with E-state index in [1.54, 1.807) is 11.3 Å². The quantitative estimate of drug-likeness (QED) is 0.678. The first-order valence-corrected chi connectivity index (χ1v) is 10.7. The van der Waals surface area contributed by atoms with Crippen LogP contribution in [0, 0.1) is 0 Å². The third kappa shape index (κ3) is 3.38. The minimum Gasteiger partial charge on any atom is -0.492 e. The van der Waals surface area contributed by atoms with Crippen molar-refractivity contribution in [2.75, 3.05) is 26.2 Å². The summed E-state index contributed by atoms with van der Waals surface area (Å²) < 4.78 is 7.03. The number of hydrogen-bond acceptors (Lipinski definition) is 5. The Bertz CT molecular complexity index is 969. The molecule has 0 bridgehead atoms. The number of nitrogens with zero attached hydrogens (tertiary/aromatic N) is 3. The number of thiazole rings is 1. The number of fused-ring (bicyclic) bond motifs is 2. The van der Waals surface area contributed by atoms with Crippen molar-refractivity contribution < 1.29 is 9.53 Å². The van der Waals surface area contributed by atoms with Gasteiger partial charge in [0.25, 0.3) is 0 Å². The lowest BCUT2D eigenvalue weighted by atomic mass is 10.2. The predicted octanol–water partition coefficient (Wildman–Crippen LogP) is 3.85. The maximum Gasteiger partial charge on any atom is 0.237 e. The summed E-state index contributed by atoms with van der Waals surface area (Å²) in [6.45, 7) is 3.38. The molecule has 1 atom stereocenters. The molecule has 144 valence electrons. The third-order valence-electron chi connectivity index (χ3n) is 5.56. The highest BCUT2D eigenvalue weighted by Crippen LogP contribution is 2.36. The standard InChI is InChI=1S/C22H23N3O2S/c26-21(15-24-12-13-27-19-9-3-1-6-16(19)14-24)25-11-5-8-18(25)22-23-17-7-2-4-10-20(17)28-22/h1-4,6-7,9-10,18H,5,8,11-15H2. The topological polar surface area (TPSA) is 45.7 Å². The highest BCUT2D eigenvalue weighted by Gasteiger charge is 2.33. The van der Waals surface area contributed by atoms with Crippen LogP contribution in [0.3, 0.4) is 0 Å². The van der Waals surface area contributed by atoms with Gasteiger partial charge in [-0.2, -0.15) is 0 Å². The Kier molecular flexibility index (Phi) is 4.74. The van der Waals surface area contributed by atoms with E-state index in [0.29, 0.717) is 13.2 Å². The smallest absolute Gasteiger partial charge is 0.237 e. The molecule has 1 aromatic heterocycles. The van der Waals surface area contributed by atoms with Gasteiger partial charge in [0.2, 0.25) is 5.91 Å². The predicted molar refractivity (Wildman–Crippen MR) is 111 cm³/mol. The first kappa shape index (κ1) is 17.6. The van der Waals surface area contributed by atoms with Crippen molar-refractivity contribution in [2.45, 2.75) is 25.4 Å². The molecular weight excluding hydrogens is 370 g/mol. The molecule has 28 heavy (non-hydrogen) atoms. The van der Waals surface area contributed by atoms with E-state index in [-0.39, 0.29) is 11.9 Å². The summed E-state index contributed by atoms with van der Waals surface area (Å²) in [6, 6.07) is 16.4. The molecule has 1 saturated heterocycles. The second-order valence-electron chi connectivity index (χ2n) is 7.43. The van der Waals surface area contributed by atoms with E-state index < -0.39 is 0 Å². The molecular formula is C22H23N3O2S. The van der Waals surface area contributed by atoms with Crippen LogP contribution in [0.5, 0.6) is 5.75 Å². The fourth-order valence-corrected chi connectivity index (χ4v) is 5.27. The van der Waals surface area contributed by atoms with Gasteiger partial charge in [-0.3, -0.25) is 9.69 Å². The zero-order valence-electron chi connectivity index (χ0n) is 15.7. The zero-order chi connectivity index (χ0) is 18.9. The molecule has 1 unspecified atom stereocenters. The van der Waals surface area contributed by atoms with E-state index in [0.717, 1.165) is 54.3 Å². The van der Waals surface area contributed by atoms with Gasteiger partial charge in [-0.1, -0.05) is 30.3 Å². The molecule has 0 spiro atoms. The van der Waals surface area contributed by atoms with Crippen molar-refractivity contribution in [1.82, 2.24) is 14.8 Å². The number of ether oxygens (including phenoxy) is 1. The van der Waals surface area contributed by atoms with Crippen LogP contribution in [-0.4, -0.2) is 46.9 Å². The highest BCUT2D eigenvalue weighted by atomic mass is 32.1. The number of carbonyl (C=O) groups is 1. The SMILES string of the molecule is O=C(CN1CCOc2ccccc2C1)N1CCCC1c1nc2ccccc2s1. The zero-order valence-corrected chi connectivity index (χ0v) is 16.5. The second kappa shape index (κ2) is 7.53. The van der Waals surface area contributed by atoms with Crippen LogP contribution in [0.1, 0.15) is 29.5 Å². The number of aromatic nitrogens is 1. The van der Waals surface area contributed by atoms with E-state index in [4.69, 9.17) is 9.72 Å². The molecule has 1 fully saturated rings. The average Bonchev–Trinajstić information content (AvgIpc) is 3.31. The number of para-hydroxylation sites is 2. The van der Waals surface area contributed by atoms with Crippen molar-refractivity contribution in [3.63, 3.8) is 0 Å². The van der Waals surface area contributed by atoms with Crippen LogP contribution >= 0.6 is 11.3 Å². The van der Waals surface area contributed by atoms with Crippen LogP contribution in [0.25, 0.3) is 10.2 Å². The largest absolute Gasteiger partial charge is 0.492 e. The fourth-order valence-electron chi connectivity index (χ4n) is 4.15.